The number of aromatic nitrogens is 1. The van der Waals surface area contributed by atoms with Gasteiger partial charge in [-0.25, -0.2) is 18.1 Å². The Morgan fingerprint density at radius 3 is 2.70 bits per heavy atom. The van der Waals surface area contributed by atoms with Gasteiger partial charge >= 0.3 is 0 Å². The molecule has 1 fully saturated rings. The fraction of sp³-hybridized carbons (Fsp3) is 0.391. The van der Waals surface area contributed by atoms with Crippen LogP contribution in [-0.4, -0.2) is 61.8 Å². The highest BCUT2D eigenvalue weighted by Gasteiger charge is 2.23. The first-order valence-corrected chi connectivity index (χ1v) is 13.2. The Morgan fingerprint density at radius 1 is 1.18 bits per heavy atom. The highest BCUT2D eigenvalue weighted by atomic mass is 32.2. The Morgan fingerprint density at radius 2 is 1.97 bits per heavy atom. The van der Waals surface area contributed by atoms with Crippen molar-refractivity contribution in [2.75, 3.05) is 32.7 Å². The third-order valence-corrected chi connectivity index (χ3v) is 8.17. The van der Waals surface area contributed by atoms with Gasteiger partial charge in [0.2, 0.25) is 15.9 Å². The fourth-order valence-electron chi connectivity index (χ4n) is 3.80. The molecular weight excluding hydrogens is 460 g/mol. The summed E-state index contributed by atoms with van der Waals surface area (Å²) in [6.07, 6.45) is 1.78. The van der Waals surface area contributed by atoms with Crippen LogP contribution in [0.4, 0.5) is 0 Å². The maximum Gasteiger partial charge on any atom is 0.240 e. The van der Waals surface area contributed by atoms with Gasteiger partial charge in [-0.3, -0.25) is 9.69 Å². The lowest BCUT2D eigenvalue weighted by Gasteiger charge is -2.34. The van der Waals surface area contributed by atoms with Gasteiger partial charge < -0.3 is 9.32 Å². The lowest BCUT2D eigenvalue weighted by molar-refractivity contribution is -0.132. The first-order chi connectivity index (χ1) is 15.8. The van der Waals surface area contributed by atoms with E-state index in [2.05, 4.69) is 14.6 Å². The number of benzene rings is 1. The number of nitrogens with zero attached hydrogens (tertiary/aromatic N) is 3. The number of furan rings is 1. The molecule has 0 bridgehead atoms. The van der Waals surface area contributed by atoms with Crippen molar-refractivity contribution in [2.45, 2.75) is 31.7 Å². The van der Waals surface area contributed by atoms with Crippen molar-refractivity contribution in [3.8, 4) is 10.8 Å². The van der Waals surface area contributed by atoms with Crippen molar-refractivity contribution >= 4 is 27.3 Å². The van der Waals surface area contributed by atoms with Crippen molar-refractivity contribution in [1.29, 1.82) is 0 Å². The van der Waals surface area contributed by atoms with Crippen LogP contribution < -0.4 is 4.72 Å². The first kappa shape index (κ1) is 23.6. The molecule has 1 aromatic carbocycles. The molecule has 3 aromatic rings. The lowest BCUT2D eigenvalue weighted by atomic mass is 10.2. The summed E-state index contributed by atoms with van der Waals surface area (Å²) in [5, 5.41) is 2.91. The topological polar surface area (TPSA) is 95.8 Å². The minimum Gasteiger partial charge on any atom is -0.462 e. The summed E-state index contributed by atoms with van der Waals surface area (Å²) in [6.45, 7) is 7.20. The van der Waals surface area contributed by atoms with Gasteiger partial charge in [-0.2, -0.15) is 0 Å². The number of amides is 1. The number of piperazine rings is 1. The van der Waals surface area contributed by atoms with Crippen molar-refractivity contribution in [3.63, 3.8) is 0 Å². The molecule has 4 rings (SSSR count). The van der Waals surface area contributed by atoms with Gasteiger partial charge in [0.25, 0.3) is 0 Å². The Hall–Kier alpha value is -2.53. The van der Waals surface area contributed by atoms with Crippen LogP contribution in [0.2, 0.25) is 0 Å². The van der Waals surface area contributed by atoms with Crippen LogP contribution in [0.3, 0.4) is 0 Å². The Balaban J connectivity index is 1.22. The number of sulfonamides is 1. The summed E-state index contributed by atoms with van der Waals surface area (Å²) in [5.74, 6) is 0.738. The number of nitrogens with one attached hydrogen (secondary N) is 1. The summed E-state index contributed by atoms with van der Waals surface area (Å²) in [4.78, 5) is 21.6. The quantitative estimate of drug-likeness (QED) is 0.524. The highest BCUT2D eigenvalue weighted by molar-refractivity contribution is 7.89. The molecule has 0 aliphatic carbocycles. The molecule has 8 nitrogen and oxygen atoms in total. The number of rotatable bonds is 8. The van der Waals surface area contributed by atoms with Crippen LogP contribution in [-0.2, 0) is 21.4 Å². The normalized spacial score (nSPS) is 15.2. The van der Waals surface area contributed by atoms with Crippen LogP contribution in [0.5, 0.6) is 0 Å². The second kappa shape index (κ2) is 10.2. The maximum absolute atomic E-state index is 12.6. The maximum atomic E-state index is 12.6. The first-order valence-electron chi connectivity index (χ1n) is 10.9. The van der Waals surface area contributed by atoms with Gasteiger partial charge in [-0.1, -0.05) is 12.1 Å². The predicted molar refractivity (Wildman–Crippen MR) is 127 cm³/mol. The molecule has 3 heterocycles. The van der Waals surface area contributed by atoms with Gasteiger partial charge in [-0.15, -0.1) is 11.3 Å². The van der Waals surface area contributed by atoms with Crippen LogP contribution in [0.25, 0.3) is 10.8 Å². The molecule has 33 heavy (non-hydrogen) atoms. The smallest absolute Gasteiger partial charge is 0.240 e. The number of thiazole rings is 1. The Labute approximate surface area is 198 Å². The molecule has 0 unspecified atom stereocenters. The van der Waals surface area contributed by atoms with Gasteiger partial charge in [0.05, 0.1) is 16.9 Å². The Bertz CT molecular complexity index is 1200. The molecule has 176 valence electrons. The number of carbonyl (C=O) groups is 1. The van der Waals surface area contributed by atoms with E-state index in [-0.39, 0.29) is 23.8 Å². The van der Waals surface area contributed by atoms with Gasteiger partial charge in [0.15, 0.2) is 10.8 Å². The van der Waals surface area contributed by atoms with Gasteiger partial charge in [-0.05, 0) is 43.2 Å². The minimum absolute atomic E-state index is 0.0351. The van der Waals surface area contributed by atoms with E-state index in [1.807, 2.05) is 30.5 Å². The molecule has 1 aliphatic heterocycles. The predicted octanol–water partition coefficient (Wildman–Crippen LogP) is 3.03. The molecule has 0 spiro atoms. The van der Waals surface area contributed by atoms with Crippen LogP contribution in [0.15, 0.2) is 51.3 Å². The molecule has 0 saturated carbocycles. The van der Waals surface area contributed by atoms with Gasteiger partial charge in [0.1, 0.15) is 0 Å². The standard InChI is InChI=1S/C23H28N4O4S2/c1-17-5-6-18(2)21(14-17)33(29,30)24-8-7-22(28)27-11-9-26(10-12-27)15-19-16-32-23(25-19)20-4-3-13-31-20/h3-6,13-14,16,24H,7-12,15H2,1-2H3. The van der Waals surface area contributed by atoms with Crippen molar-refractivity contribution in [2.24, 2.45) is 0 Å². The molecule has 1 aliphatic rings. The average Bonchev–Trinajstić information content (AvgIpc) is 3.48. The molecule has 1 amide bonds. The molecular formula is C23H28N4O4S2. The van der Waals surface area contributed by atoms with E-state index in [1.165, 1.54) is 0 Å². The van der Waals surface area contributed by atoms with Gasteiger partial charge in [0, 0.05) is 51.1 Å². The van der Waals surface area contributed by atoms with E-state index < -0.39 is 10.0 Å². The summed E-state index contributed by atoms with van der Waals surface area (Å²) >= 11 is 1.56. The molecule has 1 N–H and O–H groups in total. The molecule has 2 aromatic heterocycles. The Kier molecular flexibility index (Phi) is 7.28. The number of aryl methyl sites for hydroxylation is 2. The van der Waals surface area contributed by atoms with E-state index in [9.17, 15) is 13.2 Å². The molecule has 0 radical (unpaired) electrons. The minimum atomic E-state index is -3.64. The van der Waals surface area contributed by atoms with Crippen molar-refractivity contribution < 1.29 is 17.6 Å². The van der Waals surface area contributed by atoms with E-state index in [0.717, 1.165) is 41.7 Å². The van der Waals surface area contributed by atoms with Crippen LogP contribution in [0.1, 0.15) is 23.2 Å². The zero-order chi connectivity index (χ0) is 23.4. The lowest BCUT2D eigenvalue weighted by Crippen LogP contribution is -2.48. The molecule has 10 heteroatoms. The average molecular weight is 489 g/mol. The second-order valence-corrected chi connectivity index (χ2v) is 10.8. The second-order valence-electron chi connectivity index (χ2n) is 8.19. The van der Waals surface area contributed by atoms with E-state index in [4.69, 9.17) is 4.42 Å². The molecule has 0 atom stereocenters. The summed E-state index contributed by atoms with van der Waals surface area (Å²) in [5.41, 5.74) is 2.56. The fourth-order valence-corrected chi connectivity index (χ4v) is 5.94. The SMILES string of the molecule is Cc1ccc(C)c(S(=O)(=O)NCCC(=O)N2CCN(Cc3csc(-c4ccco4)n3)CC2)c1. The zero-order valence-corrected chi connectivity index (χ0v) is 20.4. The number of hydrogen-bond acceptors (Lipinski definition) is 7. The monoisotopic (exact) mass is 488 g/mol. The van der Waals surface area contributed by atoms with Crippen molar-refractivity contribution in [3.05, 3.63) is 58.8 Å². The van der Waals surface area contributed by atoms with Crippen molar-refractivity contribution in [1.82, 2.24) is 19.5 Å². The van der Waals surface area contributed by atoms with E-state index >= 15 is 0 Å². The number of hydrogen-bond donors (Lipinski definition) is 1. The summed E-state index contributed by atoms with van der Waals surface area (Å²) in [7, 11) is -3.64. The van der Waals surface area contributed by atoms with E-state index in [1.54, 1.807) is 41.6 Å². The zero-order valence-electron chi connectivity index (χ0n) is 18.8. The largest absolute Gasteiger partial charge is 0.462 e. The third-order valence-electron chi connectivity index (χ3n) is 5.66. The number of carbonyl (C=O) groups excluding carboxylic acids is 1. The summed E-state index contributed by atoms with van der Waals surface area (Å²) in [6, 6.07) is 9.07. The highest BCUT2D eigenvalue weighted by Crippen LogP contribution is 2.24. The van der Waals surface area contributed by atoms with E-state index in [0.29, 0.717) is 18.7 Å². The van der Waals surface area contributed by atoms with Crippen LogP contribution >= 0.6 is 11.3 Å². The third kappa shape index (κ3) is 5.89. The molecule has 1 saturated heterocycles. The van der Waals surface area contributed by atoms with Crippen LogP contribution in [0, 0.1) is 13.8 Å². The summed E-state index contributed by atoms with van der Waals surface area (Å²) < 4.78 is 33.2.